The van der Waals surface area contributed by atoms with Gasteiger partial charge in [-0.3, -0.25) is 0 Å². The Kier molecular flexibility index (Phi) is 3.95. The number of aromatic nitrogens is 5. The van der Waals surface area contributed by atoms with Crippen molar-refractivity contribution in [1.29, 1.82) is 0 Å². The van der Waals surface area contributed by atoms with Crippen molar-refractivity contribution in [2.45, 2.75) is 19.3 Å². The van der Waals surface area contributed by atoms with Gasteiger partial charge in [0.25, 0.3) is 5.95 Å². The molecule has 2 aromatic heterocycles. The van der Waals surface area contributed by atoms with Crippen molar-refractivity contribution in [3.05, 3.63) is 30.6 Å². The molecule has 1 aliphatic rings. The molecule has 0 radical (unpaired) electrons. The predicted molar refractivity (Wildman–Crippen MR) is 69.1 cm³/mol. The van der Waals surface area contributed by atoms with Crippen LogP contribution in [0, 0.1) is 0 Å². The van der Waals surface area contributed by atoms with Crippen molar-refractivity contribution in [3.63, 3.8) is 0 Å². The SMILES string of the molecule is CC(NCC1OCCO1)c1ncnn1-c1ncccn1. The minimum Gasteiger partial charge on any atom is -0.349 e. The second-order valence-corrected chi connectivity index (χ2v) is 4.38. The minimum absolute atomic E-state index is 0.0193. The molecule has 3 heterocycles. The van der Waals surface area contributed by atoms with Crippen LogP contribution < -0.4 is 5.32 Å². The number of ether oxygens (including phenoxy) is 2. The normalized spacial score (nSPS) is 17.4. The predicted octanol–water partition coefficient (Wildman–Crippen LogP) is 0.0808. The van der Waals surface area contributed by atoms with Gasteiger partial charge >= 0.3 is 0 Å². The maximum atomic E-state index is 5.38. The van der Waals surface area contributed by atoms with Crippen molar-refractivity contribution in [2.75, 3.05) is 19.8 Å². The Morgan fingerprint density at radius 1 is 1.30 bits per heavy atom. The van der Waals surface area contributed by atoms with E-state index in [-0.39, 0.29) is 12.3 Å². The highest BCUT2D eigenvalue weighted by Crippen LogP contribution is 2.12. The molecule has 106 valence electrons. The Bertz CT molecular complexity index is 540. The highest BCUT2D eigenvalue weighted by atomic mass is 16.7. The average Bonchev–Trinajstić information content (AvgIpc) is 3.17. The molecule has 8 nitrogen and oxygen atoms in total. The number of rotatable bonds is 5. The van der Waals surface area contributed by atoms with Crippen molar-refractivity contribution < 1.29 is 9.47 Å². The van der Waals surface area contributed by atoms with E-state index in [2.05, 4.69) is 25.4 Å². The van der Waals surface area contributed by atoms with Crippen LogP contribution in [0.25, 0.3) is 5.95 Å². The smallest absolute Gasteiger partial charge is 0.252 e. The molecule has 8 heteroatoms. The summed E-state index contributed by atoms with van der Waals surface area (Å²) in [6.07, 6.45) is 4.65. The molecule has 0 aliphatic carbocycles. The Hall–Kier alpha value is -1.90. The third kappa shape index (κ3) is 2.82. The summed E-state index contributed by atoms with van der Waals surface area (Å²) in [5, 5.41) is 7.47. The topological polar surface area (TPSA) is 87.0 Å². The van der Waals surface area contributed by atoms with E-state index in [4.69, 9.17) is 9.47 Å². The highest BCUT2D eigenvalue weighted by Gasteiger charge is 2.20. The molecule has 1 aliphatic heterocycles. The lowest BCUT2D eigenvalue weighted by Gasteiger charge is -2.16. The molecule has 1 N–H and O–H groups in total. The van der Waals surface area contributed by atoms with Gasteiger partial charge in [0.1, 0.15) is 6.33 Å². The van der Waals surface area contributed by atoms with Crippen molar-refractivity contribution in [3.8, 4) is 5.95 Å². The van der Waals surface area contributed by atoms with Gasteiger partial charge in [-0.15, -0.1) is 0 Å². The fourth-order valence-electron chi connectivity index (χ4n) is 1.99. The minimum atomic E-state index is -0.193. The van der Waals surface area contributed by atoms with Gasteiger partial charge < -0.3 is 14.8 Å². The van der Waals surface area contributed by atoms with E-state index in [9.17, 15) is 0 Å². The van der Waals surface area contributed by atoms with Gasteiger partial charge in [-0.05, 0) is 13.0 Å². The van der Waals surface area contributed by atoms with E-state index in [1.807, 2.05) is 6.92 Å². The fraction of sp³-hybridized carbons (Fsp3) is 0.500. The second kappa shape index (κ2) is 6.04. The molecule has 0 spiro atoms. The summed E-state index contributed by atoms with van der Waals surface area (Å²) < 4.78 is 12.4. The first kappa shape index (κ1) is 13.1. The molecule has 3 rings (SSSR count). The monoisotopic (exact) mass is 276 g/mol. The molecule has 1 unspecified atom stereocenters. The molecule has 0 saturated carbocycles. The van der Waals surface area contributed by atoms with Gasteiger partial charge in [-0.25, -0.2) is 15.0 Å². The lowest BCUT2D eigenvalue weighted by molar-refractivity contribution is -0.0405. The summed E-state index contributed by atoms with van der Waals surface area (Å²) in [5.41, 5.74) is 0. The Morgan fingerprint density at radius 3 is 2.80 bits per heavy atom. The van der Waals surface area contributed by atoms with Gasteiger partial charge in [0.15, 0.2) is 12.1 Å². The maximum Gasteiger partial charge on any atom is 0.252 e. The Labute approximate surface area is 116 Å². The van der Waals surface area contributed by atoms with E-state index in [0.717, 1.165) is 5.82 Å². The standard InChI is InChI=1S/C12H16N6O2/c1-9(15-7-10-19-5-6-20-10)11-16-8-17-18(11)12-13-3-2-4-14-12/h2-4,8-10,15H,5-7H2,1H3. The van der Waals surface area contributed by atoms with Gasteiger partial charge in [-0.1, -0.05) is 0 Å². The van der Waals surface area contributed by atoms with Crippen LogP contribution in [0.4, 0.5) is 0 Å². The number of hydrogen-bond acceptors (Lipinski definition) is 7. The molecule has 1 saturated heterocycles. The van der Waals surface area contributed by atoms with Crippen LogP contribution in [0.3, 0.4) is 0 Å². The number of nitrogens with one attached hydrogen (secondary N) is 1. The van der Waals surface area contributed by atoms with Crippen LogP contribution in [0.1, 0.15) is 18.8 Å². The quantitative estimate of drug-likeness (QED) is 0.827. The number of nitrogens with zero attached hydrogens (tertiary/aromatic N) is 5. The lowest BCUT2D eigenvalue weighted by Crippen LogP contribution is -2.31. The highest BCUT2D eigenvalue weighted by molar-refractivity contribution is 5.11. The third-order valence-electron chi connectivity index (χ3n) is 2.98. The van der Waals surface area contributed by atoms with Crippen LogP contribution in [0.2, 0.25) is 0 Å². The molecule has 0 aromatic carbocycles. The number of hydrogen-bond donors (Lipinski definition) is 1. The zero-order chi connectivity index (χ0) is 13.8. The van der Waals surface area contributed by atoms with E-state index in [1.54, 1.807) is 23.1 Å². The Balaban J connectivity index is 1.69. The van der Waals surface area contributed by atoms with E-state index < -0.39 is 0 Å². The zero-order valence-corrected chi connectivity index (χ0v) is 11.1. The van der Waals surface area contributed by atoms with Gasteiger partial charge in [0.2, 0.25) is 0 Å². The summed E-state index contributed by atoms with van der Waals surface area (Å²) in [5.74, 6) is 1.25. The molecule has 0 amide bonds. The zero-order valence-electron chi connectivity index (χ0n) is 11.1. The van der Waals surface area contributed by atoms with Gasteiger partial charge in [-0.2, -0.15) is 9.78 Å². The maximum absolute atomic E-state index is 5.38. The first-order valence-electron chi connectivity index (χ1n) is 6.48. The van der Waals surface area contributed by atoms with Crippen LogP contribution >= 0.6 is 0 Å². The summed E-state index contributed by atoms with van der Waals surface area (Å²) in [6.45, 7) is 3.89. The third-order valence-corrected chi connectivity index (χ3v) is 2.98. The van der Waals surface area contributed by atoms with E-state index >= 15 is 0 Å². The summed E-state index contributed by atoms with van der Waals surface area (Å²) in [4.78, 5) is 12.6. The fourth-order valence-corrected chi connectivity index (χ4v) is 1.99. The van der Waals surface area contributed by atoms with Crippen molar-refractivity contribution in [1.82, 2.24) is 30.0 Å². The molecular formula is C12H16N6O2. The first-order valence-corrected chi connectivity index (χ1v) is 6.48. The largest absolute Gasteiger partial charge is 0.349 e. The molecule has 1 fully saturated rings. The van der Waals surface area contributed by atoms with Gasteiger partial charge in [0.05, 0.1) is 19.3 Å². The van der Waals surface area contributed by atoms with E-state index in [1.165, 1.54) is 6.33 Å². The molecule has 20 heavy (non-hydrogen) atoms. The van der Waals surface area contributed by atoms with Crippen molar-refractivity contribution >= 4 is 0 Å². The first-order chi connectivity index (χ1) is 9.84. The van der Waals surface area contributed by atoms with E-state index in [0.29, 0.717) is 25.7 Å². The summed E-state index contributed by atoms with van der Waals surface area (Å²) >= 11 is 0. The Morgan fingerprint density at radius 2 is 2.05 bits per heavy atom. The van der Waals surface area contributed by atoms with Gasteiger partial charge in [0, 0.05) is 18.9 Å². The molecule has 1 atom stereocenters. The van der Waals surface area contributed by atoms with Crippen LogP contribution in [0.15, 0.2) is 24.8 Å². The van der Waals surface area contributed by atoms with Crippen molar-refractivity contribution in [2.24, 2.45) is 0 Å². The molecule has 0 bridgehead atoms. The summed E-state index contributed by atoms with van der Waals surface area (Å²) in [7, 11) is 0. The van der Waals surface area contributed by atoms with Crippen LogP contribution in [0.5, 0.6) is 0 Å². The molecular weight excluding hydrogens is 260 g/mol. The van der Waals surface area contributed by atoms with Crippen LogP contribution in [-0.2, 0) is 9.47 Å². The summed E-state index contributed by atoms with van der Waals surface area (Å²) in [6, 6.07) is 1.74. The van der Waals surface area contributed by atoms with Crippen LogP contribution in [-0.4, -0.2) is 50.8 Å². The molecule has 2 aromatic rings. The average molecular weight is 276 g/mol. The lowest BCUT2D eigenvalue weighted by atomic mass is 10.3. The second-order valence-electron chi connectivity index (χ2n) is 4.38.